The molecule has 8 nitrogen and oxygen atoms in total. The first-order chi connectivity index (χ1) is 11.0. The first-order valence-corrected chi connectivity index (χ1v) is 6.98. The van der Waals surface area contributed by atoms with E-state index in [1.165, 1.54) is 11.6 Å². The fraction of sp³-hybridized carbons (Fsp3) is 0.200. The lowest BCUT2D eigenvalue weighted by atomic mass is 10.0. The molecule has 0 radical (unpaired) electrons. The van der Waals surface area contributed by atoms with Crippen LogP contribution in [0.2, 0.25) is 0 Å². The van der Waals surface area contributed by atoms with Gasteiger partial charge in [-0.1, -0.05) is 30.3 Å². The summed E-state index contributed by atoms with van der Waals surface area (Å²) in [6, 6.07) is 8.89. The predicted molar refractivity (Wildman–Crippen MR) is 85.3 cm³/mol. The van der Waals surface area contributed by atoms with E-state index in [-0.39, 0.29) is 16.9 Å². The van der Waals surface area contributed by atoms with E-state index in [2.05, 4.69) is 16.0 Å². The molecule has 0 atom stereocenters. The molecule has 0 aliphatic heterocycles. The van der Waals surface area contributed by atoms with Gasteiger partial charge in [-0.05, 0) is 6.92 Å². The highest BCUT2D eigenvalue weighted by molar-refractivity contribution is 6.04. The zero-order chi connectivity index (χ0) is 17.0. The Morgan fingerprint density at radius 3 is 2.43 bits per heavy atom. The van der Waals surface area contributed by atoms with E-state index >= 15 is 0 Å². The average molecular weight is 315 g/mol. The summed E-state index contributed by atoms with van der Waals surface area (Å²) >= 11 is 0. The minimum absolute atomic E-state index is 0.0698. The molecule has 0 bridgehead atoms. The summed E-state index contributed by atoms with van der Waals surface area (Å²) in [5.74, 6) is -1.16. The number of carbonyl (C=O) groups excluding carboxylic acids is 2. The fourth-order valence-corrected chi connectivity index (χ4v) is 2.04. The standard InChI is InChI=1S/C15H17N5O3/c1-3-20-15(23)12(16)11(14(22)18-17-9(2)21)13(19-20)10-7-5-4-6-8-10/h4-8H,3,16H2,1-2H3,(H,17,21)(H,18,22). The van der Waals surface area contributed by atoms with Gasteiger partial charge in [0.05, 0.1) is 5.56 Å². The molecule has 23 heavy (non-hydrogen) atoms. The number of nitrogens with zero attached hydrogens (tertiary/aromatic N) is 2. The lowest BCUT2D eigenvalue weighted by Gasteiger charge is -2.14. The number of aryl methyl sites for hydroxylation is 1. The number of nitrogens with one attached hydrogen (secondary N) is 2. The van der Waals surface area contributed by atoms with Crippen molar-refractivity contribution in [3.63, 3.8) is 0 Å². The third-order valence-electron chi connectivity index (χ3n) is 3.12. The van der Waals surface area contributed by atoms with Crippen LogP contribution in [0.5, 0.6) is 0 Å². The van der Waals surface area contributed by atoms with Gasteiger partial charge in [0.15, 0.2) is 0 Å². The number of rotatable bonds is 3. The molecule has 2 aromatic rings. The van der Waals surface area contributed by atoms with E-state index in [0.717, 1.165) is 0 Å². The van der Waals surface area contributed by atoms with Gasteiger partial charge in [-0.15, -0.1) is 0 Å². The van der Waals surface area contributed by atoms with Crippen LogP contribution in [-0.4, -0.2) is 21.6 Å². The SMILES string of the molecule is CCn1nc(-c2ccccc2)c(C(=O)NNC(C)=O)c(N)c1=O. The van der Waals surface area contributed by atoms with Crippen molar-refractivity contribution >= 4 is 17.5 Å². The Balaban J connectivity index is 2.63. The lowest BCUT2D eigenvalue weighted by Crippen LogP contribution is -2.42. The Morgan fingerprint density at radius 2 is 1.87 bits per heavy atom. The van der Waals surface area contributed by atoms with Crippen LogP contribution in [-0.2, 0) is 11.3 Å². The van der Waals surface area contributed by atoms with E-state index in [4.69, 9.17) is 5.73 Å². The van der Waals surface area contributed by atoms with Crippen LogP contribution < -0.4 is 22.1 Å². The van der Waals surface area contributed by atoms with Gasteiger partial charge in [0.2, 0.25) is 5.91 Å². The van der Waals surface area contributed by atoms with Crippen molar-refractivity contribution in [2.75, 3.05) is 5.73 Å². The maximum atomic E-state index is 12.3. The van der Waals surface area contributed by atoms with E-state index in [0.29, 0.717) is 12.1 Å². The second kappa shape index (κ2) is 6.73. The molecule has 8 heteroatoms. The molecule has 0 saturated carbocycles. The van der Waals surface area contributed by atoms with E-state index in [9.17, 15) is 14.4 Å². The first-order valence-electron chi connectivity index (χ1n) is 6.98. The molecule has 1 aromatic heterocycles. The molecule has 0 saturated heterocycles. The van der Waals surface area contributed by atoms with E-state index in [1.807, 2.05) is 6.07 Å². The molecule has 1 heterocycles. The summed E-state index contributed by atoms with van der Waals surface area (Å²) in [7, 11) is 0. The number of nitrogen functional groups attached to an aromatic ring is 1. The molecule has 120 valence electrons. The number of carbonyl (C=O) groups is 2. The molecule has 2 amide bonds. The quantitative estimate of drug-likeness (QED) is 0.704. The van der Waals surface area contributed by atoms with Crippen molar-refractivity contribution in [1.82, 2.24) is 20.6 Å². The Hall–Kier alpha value is -3.16. The largest absolute Gasteiger partial charge is 0.393 e. The van der Waals surface area contributed by atoms with Crippen LogP contribution >= 0.6 is 0 Å². The number of hydrazine groups is 1. The van der Waals surface area contributed by atoms with E-state index in [1.54, 1.807) is 31.2 Å². The van der Waals surface area contributed by atoms with Crippen molar-refractivity contribution in [1.29, 1.82) is 0 Å². The number of amides is 2. The third-order valence-corrected chi connectivity index (χ3v) is 3.12. The zero-order valence-electron chi connectivity index (χ0n) is 12.8. The molecule has 0 aliphatic rings. The van der Waals surface area contributed by atoms with Crippen molar-refractivity contribution in [3.8, 4) is 11.3 Å². The highest BCUT2D eigenvalue weighted by atomic mass is 16.2. The Kier molecular flexibility index (Phi) is 4.75. The summed E-state index contributed by atoms with van der Waals surface area (Å²) < 4.78 is 1.19. The molecular formula is C15H17N5O3. The number of anilines is 1. The van der Waals surface area contributed by atoms with Crippen LogP contribution in [0, 0.1) is 0 Å². The molecule has 0 unspecified atom stereocenters. The van der Waals surface area contributed by atoms with Crippen LogP contribution in [0.1, 0.15) is 24.2 Å². The number of aromatic nitrogens is 2. The second-order valence-electron chi connectivity index (χ2n) is 4.76. The summed E-state index contributed by atoms with van der Waals surface area (Å²) in [4.78, 5) is 35.4. The van der Waals surface area contributed by atoms with Crippen molar-refractivity contribution in [2.45, 2.75) is 20.4 Å². The van der Waals surface area contributed by atoms with Crippen LogP contribution in [0.3, 0.4) is 0 Å². The number of hydrogen-bond donors (Lipinski definition) is 3. The van der Waals surface area contributed by atoms with Gasteiger partial charge in [0.25, 0.3) is 11.5 Å². The summed E-state index contributed by atoms with van der Waals surface area (Å²) in [6.07, 6.45) is 0. The molecule has 1 aromatic carbocycles. The Bertz CT molecular complexity index is 799. The summed E-state index contributed by atoms with van der Waals surface area (Å²) in [5, 5.41) is 4.22. The van der Waals surface area contributed by atoms with Crippen LogP contribution in [0.4, 0.5) is 5.69 Å². The van der Waals surface area contributed by atoms with Gasteiger partial charge in [-0.2, -0.15) is 5.10 Å². The van der Waals surface area contributed by atoms with Crippen molar-refractivity contribution in [2.24, 2.45) is 0 Å². The third kappa shape index (κ3) is 3.37. The maximum Gasteiger partial charge on any atom is 0.290 e. The van der Waals surface area contributed by atoms with Gasteiger partial charge in [0, 0.05) is 19.0 Å². The highest BCUT2D eigenvalue weighted by Crippen LogP contribution is 2.23. The lowest BCUT2D eigenvalue weighted by molar-refractivity contribution is -0.119. The predicted octanol–water partition coefficient (Wildman–Crippen LogP) is 0.293. The van der Waals surface area contributed by atoms with Crippen LogP contribution in [0.25, 0.3) is 11.3 Å². The highest BCUT2D eigenvalue weighted by Gasteiger charge is 2.22. The average Bonchev–Trinajstić information content (AvgIpc) is 2.55. The number of nitrogens with two attached hydrogens (primary N) is 1. The number of benzene rings is 1. The molecule has 0 fully saturated rings. The van der Waals surface area contributed by atoms with Gasteiger partial charge < -0.3 is 5.73 Å². The minimum atomic E-state index is -0.704. The molecule has 2 rings (SSSR count). The van der Waals surface area contributed by atoms with Crippen LogP contribution in [0.15, 0.2) is 35.1 Å². The molecule has 0 aliphatic carbocycles. The zero-order valence-corrected chi connectivity index (χ0v) is 12.8. The minimum Gasteiger partial charge on any atom is -0.393 e. The Morgan fingerprint density at radius 1 is 1.22 bits per heavy atom. The molecule has 0 spiro atoms. The van der Waals surface area contributed by atoms with Gasteiger partial charge in [0.1, 0.15) is 11.4 Å². The Labute approximate surface area is 132 Å². The summed E-state index contributed by atoms with van der Waals surface area (Å²) in [5.41, 5.74) is 10.3. The normalized spacial score (nSPS) is 10.2. The monoisotopic (exact) mass is 315 g/mol. The van der Waals surface area contributed by atoms with Gasteiger partial charge in [-0.3, -0.25) is 25.2 Å². The summed E-state index contributed by atoms with van der Waals surface area (Å²) in [6.45, 7) is 3.31. The van der Waals surface area contributed by atoms with Gasteiger partial charge in [-0.25, -0.2) is 4.68 Å². The maximum absolute atomic E-state index is 12.3. The first kappa shape index (κ1) is 16.2. The molecular weight excluding hydrogens is 298 g/mol. The van der Waals surface area contributed by atoms with E-state index < -0.39 is 17.4 Å². The van der Waals surface area contributed by atoms with Crippen molar-refractivity contribution in [3.05, 3.63) is 46.2 Å². The second-order valence-corrected chi connectivity index (χ2v) is 4.76. The number of hydrogen-bond acceptors (Lipinski definition) is 5. The fourth-order valence-electron chi connectivity index (χ4n) is 2.04. The molecule has 4 N–H and O–H groups in total. The van der Waals surface area contributed by atoms with Gasteiger partial charge >= 0.3 is 0 Å². The smallest absolute Gasteiger partial charge is 0.290 e. The topological polar surface area (TPSA) is 119 Å². The van der Waals surface area contributed by atoms with Crippen molar-refractivity contribution < 1.29 is 9.59 Å².